The largest absolute Gasteiger partial charge is 0.465 e. The van der Waals surface area contributed by atoms with Gasteiger partial charge in [0.1, 0.15) is 0 Å². The third-order valence-electron chi connectivity index (χ3n) is 3.75. The molecule has 0 saturated heterocycles. The van der Waals surface area contributed by atoms with Crippen molar-refractivity contribution in [2.75, 3.05) is 14.2 Å². The van der Waals surface area contributed by atoms with Crippen LogP contribution in [0.1, 0.15) is 41.4 Å². The number of ether oxygens (including phenoxy) is 2. The summed E-state index contributed by atoms with van der Waals surface area (Å²) in [5, 5.41) is 0. The van der Waals surface area contributed by atoms with Crippen molar-refractivity contribution < 1.29 is 28.7 Å². The zero-order chi connectivity index (χ0) is 18.8. The van der Waals surface area contributed by atoms with E-state index in [1.165, 1.54) is 32.4 Å². The Morgan fingerprint density at radius 3 is 2.00 bits per heavy atom. The van der Waals surface area contributed by atoms with Crippen molar-refractivity contribution >= 4 is 35.7 Å². The number of hydrogen-bond donors (Lipinski definition) is 0. The van der Waals surface area contributed by atoms with Crippen LogP contribution in [0.25, 0.3) is 0 Å². The van der Waals surface area contributed by atoms with Gasteiger partial charge in [0.2, 0.25) is 0 Å². The van der Waals surface area contributed by atoms with Crippen LogP contribution >= 0.6 is 11.9 Å². The molecule has 0 N–H and O–H groups in total. The van der Waals surface area contributed by atoms with Crippen molar-refractivity contribution in [2.24, 2.45) is 0 Å². The van der Waals surface area contributed by atoms with Gasteiger partial charge in [-0.25, -0.2) is 13.9 Å². The molecule has 0 spiro atoms. The predicted octanol–water partition coefficient (Wildman–Crippen LogP) is 2.56. The number of benzene rings is 2. The molecular weight excluding hydrogens is 358 g/mol. The molecule has 1 heterocycles. The fourth-order valence-corrected chi connectivity index (χ4v) is 3.40. The van der Waals surface area contributed by atoms with Gasteiger partial charge >= 0.3 is 11.9 Å². The summed E-state index contributed by atoms with van der Waals surface area (Å²) in [6.07, 6.45) is 0. The lowest BCUT2D eigenvalue weighted by Crippen LogP contribution is -2.22. The zero-order valence-electron chi connectivity index (χ0n) is 13.8. The summed E-state index contributed by atoms with van der Waals surface area (Å²) in [5.41, 5.74) is 0.808. The van der Waals surface area contributed by atoms with Crippen molar-refractivity contribution in [3.8, 4) is 0 Å². The van der Waals surface area contributed by atoms with E-state index >= 15 is 0 Å². The number of imide groups is 1. The Kier molecular flexibility index (Phi) is 4.77. The summed E-state index contributed by atoms with van der Waals surface area (Å²) in [7, 11) is 2.42. The Labute approximate surface area is 153 Å². The van der Waals surface area contributed by atoms with Crippen LogP contribution in [0, 0.1) is 0 Å². The summed E-state index contributed by atoms with van der Waals surface area (Å²) in [6, 6.07) is 10.7. The van der Waals surface area contributed by atoms with Crippen molar-refractivity contribution in [1.29, 1.82) is 0 Å². The minimum absolute atomic E-state index is 0.0527. The van der Waals surface area contributed by atoms with Crippen LogP contribution in [-0.4, -0.2) is 42.3 Å². The van der Waals surface area contributed by atoms with Gasteiger partial charge < -0.3 is 9.47 Å². The second-order valence-electron chi connectivity index (χ2n) is 5.24. The van der Waals surface area contributed by atoms with Gasteiger partial charge in [-0.15, -0.1) is 0 Å². The highest BCUT2D eigenvalue weighted by atomic mass is 32.2. The molecule has 1 aliphatic heterocycles. The van der Waals surface area contributed by atoms with Crippen LogP contribution in [0.2, 0.25) is 0 Å². The van der Waals surface area contributed by atoms with Gasteiger partial charge in [0.15, 0.2) is 0 Å². The van der Waals surface area contributed by atoms with Gasteiger partial charge in [-0.2, -0.15) is 0 Å². The summed E-state index contributed by atoms with van der Waals surface area (Å²) < 4.78 is 10.3. The van der Waals surface area contributed by atoms with Gasteiger partial charge in [0, 0.05) is 4.90 Å². The molecule has 132 valence electrons. The van der Waals surface area contributed by atoms with E-state index in [4.69, 9.17) is 4.74 Å². The lowest BCUT2D eigenvalue weighted by molar-refractivity contribution is 0.0593. The molecule has 0 aromatic heterocycles. The van der Waals surface area contributed by atoms with Crippen molar-refractivity contribution in [3.63, 3.8) is 0 Å². The van der Waals surface area contributed by atoms with Crippen LogP contribution in [0.5, 0.6) is 0 Å². The lowest BCUT2D eigenvalue weighted by Gasteiger charge is -2.15. The van der Waals surface area contributed by atoms with Crippen LogP contribution in [-0.2, 0) is 9.47 Å². The van der Waals surface area contributed by atoms with Crippen LogP contribution < -0.4 is 0 Å². The van der Waals surface area contributed by atoms with Crippen molar-refractivity contribution in [3.05, 3.63) is 64.7 Å². The van der Waals surface area contributed by atoms with E-state index in [9.17, 15) is 19.2 Å². The van der Waals surface area contributed by atoms with Crippen LogP contribution in [0.4, 0.5) is 0 Å². The molecule has 7 nitrogen and oxygen atoms in total. The maximum Gasteiger partial charge on any atom is 0.339 e. The Morgan fingerprint density at radius 2 is 1.46 bits per heavy atom. The van der Waals surface area contributed by atoms with E-state index in [0.29, 0.717) is 16.0 Å². The highest BCUT2D eigenvalue weighted by Gasteiger charge is 2.37. The van der Waals surface area contributed by atoms with E-state index in [0.717, 1.165) is 16.3 Å². The maximum absolute atomic E-state index is 12.5. The molecule has 2 aromatic carbocycles. The molecular formula is C18H13NO6S. The summed E-state index contributed by atoms with van der Waals surface area (Å²) in [5.74, 6) is -2.26. The van der Waals surface area contributed by atoms with Crippen LogP contribution in [0.3, 0.4) is 0 Å². The molecule has 8 heteroatoms. The van der Waals surface area contributed by atoms with Gasteiger partial charge in [-0.3, -0.25) is 9.59 Å². The van der Waals surface area contributed by atoms with E-state index in [1.54, 1.807) is 24.3 Å². The third kappa shape index (κ3) is 2.95. The smallest absolute Gasteiger partial charge is 0.339 e. The average Bonchev–Trinajstić information content (AvgIpc) is 2.92. The highest BCUT2D eigenvalue weighted by Crippen LogP contribution is 2.35. The first-order valence-electron chi connectivity index (χ1n) is 7.44. The molecule has 3 rings (SSSR count). The summed E-state index contributed by atoms with van der Waals surface area (Å²) in [6.45, 7) is 0. The minimum atomic E-state index is -0.699. The second kappa shape index (κ2) is 7.01. The standard InChI is InChI=1S/C18H13NO6S/c1-24-17(22)10-7-8-14(13(9-10)18(23)25-2)26-19-15(20)11-5-3-4-6-12(11)16(19)21/h3-9H,1-2H3. The highest BCUT2D eigenvalue weighted by molar-refractivity contribution is 7.98. The SMILES string of the molecule is COC(=O)c1ccc(SN2C(=O)c3ccccc3C2=O)c(C(=O)OC)c1. The first-order chi connectivity index (χ1) is 12.5. The molecule has 0 bridgehead atoms. The predicted molar refractivity (Wildman–Crippen MR) is 91.9 cm³/mol. The second-order valence-corrected chi connectivity index (χ2v) is 6.22. The molecule has 0 unspecified atom stereocenters. The zero-order valence-corrected chi connectivity index (χ0v) is 14.7. The molecule has 26 heavy (non-hydrogen) atoms. The van der Waals surface area contributed by atoms with Crippen molar-refractivity contribution in [2.45, 2.75) is 4.90 Å². The summed E-state index contributed by atoms with van der Waals surface area (Å²) in [4.78, 5) is 49.0. The maximum atomic E-state index is 12.5. The molecule has 0 atom stereocenters. The number of esters is 2. The summed E-state index contributed by atoms with van der Waals surface area (Å²) >= 11 is 0.804. The van der Waals surface area contributed by atoms with Gasteiger partial charge in [0.25, 0.3) is 11.8 Å². The topological polar surface area (TPSA) is 90.0 Å². The molecule has 0 radical (unpaired) electrons. The molecule has 0 saturated carbocycles. The number of nitrogens with zero attached hydrogens (tertiary/aromatic N) is 1. The van der Waals surface area contributed by atoms with Gasteiger partial charge in [0.05, 0.1) is 36.5 Å². The molecule has 2 aromatic rings. The molecule has 0 fully saturated rings. The third-order valence-corrected chi connectivity index (χ3v) is 4.82. The van der Waals surface area contributed by atoms with Crippen LogP contribution in [0.15, 0.2) is 47.4 Å². The average molecular weight is 371 g/mol. The van der Waals surface area contributed by atoms with E-state index < -0.39 is 23.8 Å². The Morgan fingerprint density at radius 1 is 0.885 bits per heavy atom. The van der Waals surface area contributed by atoms with E-state index in [2.05, 4.69) is 4.74 Å². The fraction of sp³-hybridized carbons (Fsp3) is 0.111. The number of carbonyl (C=O) groups excluding carboxylic acids is 4. The molecule has 2 amide bonds. The Hall–Kier alpha value is -3.13. The number of fused-ring (bicyclic) bond motifs is 1. The normalized spacial score (nSPS) is 12.8. The number of hydrogen-bond acceptors (Lipinski definition) is 7. The first-order valence-corrected chi connectivity index (χ1v) is 8.21. The monoisotopic (exact) mass is 371 g/mol. The Balaban J connectivity index is 1.98. The quantitative estimate of drug-likeness (QED) is 0.463. The van der Waals surface area contributed by atoms with E-state index in [1.807, 2.05) is 0 Å². The molecule has 0 aliphatic carbocycles. The fourth-order valence-electron chi connectivity index (χ4n) is 2.47. The lowest BCUT2D eigenvalue weighted by atomic mass is 10.1. The number of carbonyl (C=O) groups is 4. The number of rotatable bonds is 4. The van der Waals surface area contributed by atoms with Gasteiger partial charge in [-0.05, 0) is 42.3 Å². The van der Waals surface area contributed by atoms with E-state index in [-0.39, 0.29) is 11.1 Å². The Bertz CT molecular complexity index is 904. The van der Waals surface area contributed by atoms with Gasteiger partial charge in [-0.1, -0.05) is 12.1 Å². The minimum Gasteiger partial charge on any atom is -0.465 e. The van der Waals surface area contributed by atoms with Crippen molar-refractivity contribution in [1.82, 2.24) is 4.31 Å². The number of methoxy groups -OCH3 is 2. The number of amides is 2. The first kappa shape index (κ1) is 17.7. The molecule has 1 aliphatic rings.